The topological polar surface area (TPSA) is 55.1 Å². The van der Waals surface area contributed by atoms with Gasteiger partial charge in [-0.3, -0.25) is 4.79 Å². The lowest BCUT2D eigenvalue weighted by Crippen LogP contribution is -2.13. The van der Waals surface area contributed by atoms with E-state index in [4.69, 9.17) is 16.0 Å². The normalized spacial score (nSPS) is 10.3. The maximum absolute atomic E-state index is 11.8. The fourth-order valence-corrected chi connectivity index (χ4v) is 1.55. The van der Waals surface area contributed by atoms with Crippen LogP contribution in [0.4, 0.5) is 5.69 Å². The maximum atomic E-state index is 11.8. The molecule has 88 valence electrons. The van der Waals surface area contributed by atoms with E-state index in [9.17, 15) is 4.79 Å². The zero-order valence-electron chi connectivity index (χ0n) is 9.45. The van der Waals surface area contributed by atoms with E-state index in [-0.39, 0.29) is 11.8 Å². The van der Waals surface area contributed by atoms with Crippen LogP contribution in [0.2, 0.25) is 5.02 Å². The number of hydrogen-bond donors (Lipinski definition) is 1. The molecule has 4 nitrogen and oxygen atoms in total. The van der Waals surface area contributed by atoms with Gasteiger partial charge >= 0.3 is 5.91 Å². The van der Waals surface area contributed by atoms with Crippen LogP contribution in [0.15, 0.2) is 28.8 Å². The molecule has 0 fully saturated rings. The molecule has 0 aliphatic heterocycles. The van der Waals surface area contributed by atoms with Gasteiger partial charge in [0.2, 0.25) is 0 Å². The molecule has 0 spiro atoms. The second kappa shape index (κ2) is 4.59. The van der Waals surface area contributed by atoms with E-state index in [2.05, 4.69) is 10.3 Å². The highest BCUT2D eigenvalue weighted by molar-refractivity contribution is 6.31. The summed E-state index contributed by atoms with van der Waals surface area (Å²) in [6, 6.07) is 5.31. The molecule has 0 atom stereocenters. The van der Waals surface area contributed by atoms with Crippen LogP contribution in [0.25, 0.3) is 0 Å². The van der Waals surface area contributed by atoms with E-state index >= 15 is 0 Å². The Bertz CT molecular complexity index is 563. The van der Waals surface area contributed by atoms with Gasteiger partial charge in [-0.05, 0) is 31.5 Å². The lowest BCUT2D eigenvalue weighted by atomic mass is 10.2. The van der Waals surface area contributed by atoms with Crippen molar-refractivity contribution in [1.29, 1.82) is 0 Å². The second-order valence-corrected chi connectivity index (χ2v) is 4.05. The molecule has 0 radical (unpaired) electrons. The number of carbonyl (C=O) groups is 1. The minimum absolute atomic E-state index is 0.0434. The molecule has 1 aromatic carbocycles. The molecule has 1 amide bonds. The number of oxazole rings is 1. The molecule has 0 aliphatic carbocycles. The molecule has 1 heterocycles. The predicted octanol–water partition coefficient (Wildman–Crippen LogP) is 3.20. The lowest BCUT2D eigenvalue weighted by molar-refractivity contribution is 0.0989. The Morgan fingerprint density at radius 1 is 1.41 bits per heavy atom. The molecule has 5 heteroatoms. The van der Waals surface area contributed by atoms with Crippen molar-refractivity contribution in [3.8, 4) is 0 Å². The number of nitrogens with one attached hydrogen (secondary N) is 1. The Kier molecular flexibility index (Phi) is 3.15. The summed E-state index contributed by atoms with van der Waals surface area (Å²) >= 11 is 5.96. The zero-order chi connectivity index (χ0) is 12.4. The van der Waals surface area contributed by atoms with Crippen molar-refractivity contribution in [3.63, 3.8) is 0 Å². The third kappa shape index (κ3) is 2.47. The first-order chi connectivity index (χ1) is 8.08. The van der Waals surface area contributed by atoms with Crippen molar-refractivity contribution in [2.75, 3.05) is 5.32 Å². The summed E-state index contributed by atoms with van der Waals surface area (Å²) in [5, 5.41) is 3.30. The molecule has 2 rings (SSSR count). The summed E-state index contributed by atoms with van der Waals surface area (Å²) in [6.07, 6.45) is 1.50. The van der Waals surface area contributed by atoms with Crippen LogP contribution in [0, 0.1) is 13.8 Å². The number of carbonyl (C=O) groups excluding carboxylic acids is 1. The Hall–Kier alpha value is -1.81. The Labute approximate surface area is 104 Å². The Balaban J connectivity index is 2.21. The van der Waals surface area contributed by atoms with Gasteiger partial charge in [0.25, 0.3) is 5.89 Å². The van der Waals surface area contributed by atoms with Gasteiger partial charge in [0.1, 0.15) is 5.76 Å². The average Bonchev–Trinajstić information content (AvgIpc) is 2.72. The summed E-state index contributed by atoms with van der Waals surface area (Å²) in [5.41, 5.74) is 1.46. The number of amides is 1. The fourth-order valence-electron chi connectivity index (χ4n) is 1.38. The fraction of sp³-hybridized carbons (Fsp3) is 0.167. The molecule has 17 heavy (non-hydrogen) atoms. The second-order valence-electron chi connectivity index (χ2n) is 3.64. The standard InChI is InChI=1S/C12H11ClN2O2/c1-7-6-14-12(17-7)11(16)15-10-5-3-4-9(13)8(10)2/h3-6H,1-2H3,(H,15,16). The summed E-state index contributed by atoms with van der Waals surface area (Å²) in [4.78, 5) is 15.6. The summed E-state index contributed by atoms with van der Waals surface area (Å²) < 4.78 is 5.13. The number of nitrogens with zero attached hydrogens (tertiary/aromatic N) is 1. The number of benzene rings is 1. The summed E-state index contributed by atoms with van der Waals surface area (Å²) in [5.74, 6) is 0.253. The van der Waals surface area contributed by atoms with Crippen LogP contribution in [0.5, 0.6) is 0 Å². The first-order valence-corrected chi connectivity index (χ1v) is 5.44. The third-order valence-corrected chi connectivity index (χ3v) is 2.74. The monoisotopic (exact) mass is 250 g/mol. The van der Waals surface area contributed by atoms with Crippen LogP contribution < -0.4 is 5.32 Å². The number of aromatic nitrogens is 1. The first kappa shape index (κ1) is 11.7. The number of hydrogen-bond acceptors (Lipinski definition) is 3. The van der Waals surface area contributed by atoms with Gasteiger partial charge in [0, 0.05) is 10.7 Å². The van der Waals surface area contributed by atoms with Crippen molar-refractivity contribution < 1.29 is 9.21 Å². The van der Waals surface area contributed by atoms with E-state index in [1.165, 1.54) is 6.20 Å². The van der Waals surface area contributed by atoms with Crippen molar-refractivity contribution >= 4 is 23.2 Å². The molecule has 0 saturated carbocycles. The van der Waals surface area contributed by atoms with Crippen molar-refractivity contribution in [2.45, 2.75) is 13.8 Å². The molecule has 2 aromatic rings. The van der Waals surface area contributed by atoms with Crippen LogP contribution in [0.3, 0.4) is 0 Å². The highest BCUT2D eigenvalue weighted by Crippen LogP contribution is 2.23. The average molecular weight is 251 g/mol. The summed E-state index contributed by atoms with van der Waals surface area (Å²) in [7, 11) is 0. The van der Waals surface area contributed by atoms with E-state index in [1.54, 1.807) is 25.1 Å². The maximum Gasteiger partial charge on any atom is 0.311 e. The highest BCUT2D eigenvalue weighted by Gasteiger charge is 2.13. The van der Waals surface area contributed by atoms with Gasteiger partial charge in [-0.25, -0.2) is 4.98 Å². The molecule has 0 aliphatic rings. The van der Waals surface area contributed by atoms with Crippen LogP contribution in [-0.4, -0.2) is 10.9 Å². The molecule has 1 N–H and O–H groups in total. The Morgan fingerprint density at radius 2 is 2.18 bits per heavy atom. The Morgan fingerprint density at radius 3 is 2.82 bits per heavy atom. The van der Waals surface area contributed by atoms with Crippen LogP contribution in [-0.2, 0) is 0 Å². The zero-order valence-corrected chi connectivity index (χ0v) is 10.2. The van der Waals surface area contributed by atoms with Gasteiger partial charge in [-0.2, -0.15) is 0 Å². The predicted molar refractivity (Wildman–Crippen MR) is 65.4 cm³/mol. The van der Waals surface area contributed by atoms with Gasteiger partial charge in [-0.1, -0.05) is 17.7 Å². The van der Waals surface area contributed by atoms with Gasteiger partial charge < -0.3 is 9.73 Å². The minimum Gasteiger partial charge on any atom is -0.438 e. The molecular weight excluding hydrogens is 240 g/mol. The lowest BCUT2D eigenvalue weighted by Gasteiger charge is -2.07. The minimum atomic E-state index is -0.386. The smallest absolute Gasteiger partial charge is 0.311 e. The van der Waals surface area contributed by atoms with Gasteiger partial charge in [-0.15, -0.1) is 0 Å². The number of anilines is 1. The first-order valence-electron chi connectivity index (χ1n) is 5.07. The van der Waals surface area contributed by atoms with Crippen molar-refractivity contribution in [2.24, 2.45) is 0 Å². The molecule has 1 aromatic heterocycles. The largest absolute Gasteiger partial charge is 0.438 e. The van der Waals surface area contributed by atoms with E-state index in [0.29, 0.717) is 16.5 Å². The van der Waals surface area contributed by atoms with Crippen molar-refractivity contribution in [1.82, 2.24) is 4.98 Å². The van der Waals surface area contributed by atoms with Gasteiger partial charge in [0.15, 0.2) is 0 Å². The highest BCUT2D eigenvalue weighted by atomic mass is 35.5. The molecule has 0 bridgehead atoms. The number of halogens is 1. The van der Waals surface area contributed by atoms with E-state index in [1.807, 2.05) is 6.92 Å². The SMILES string of the molecule is Cc1cnc(C(=O)Nc2cccc(Cl)c2C)o1. The number of rotatable bonds is 2. The summed E-state index contributed by atoms with van der Waals surface area (Å²) in [6.45, 7) is 3.56. The molecule has 0 unspecified atom stereocenters. The third-order valence-electron chi connectivity index (χ3n) is 2.33. The van der Waals surface area contributed by atoms with Crippen LogP contribution in [0.1, 0.15) is 22.0 Å². The van der Waals surface area contributed by atoms with Crippen LogP contribution >= 0.6 is 11.6 Å². The molecule has 0 saturated heterocycles. The van der Waals surface area contributed by atoms with E-state index in [0.717, 1.165) is 5.56 Å². The quantitative estimate of drug-likeness (QED) is 0.891. The van der Waals surface area contributed by atoms with E-state index < -0.39 is 0 Å². The van der Waals surface area contributed by atoms with Gasteiger partial charge in [0.05, 0.1) is 6.20 Å². The van der Waals surface area contributed by atoms with Crippen molar-refractivity contribution in [3.05, 3.63) is 46.6 Å². The number of aryl methyl sites for hydroxylation is 1. The molecular formula is C12H11ClN2O2.